The minimum atomic E-state index is 0.419. The second kappa shape index (κ2) is 13.3. The normalized spacial score (nSPS) is 11.7. The zero-order valence-electron chi connectivity index (χ0n) is 31.4. The Morgan fingerprint density at radius 1 is 0.382 bits per heavy atom. The second-order valence-corrected chi connectivity index (χ2v) is 15.2. The van der Waals surface area contributed by atoms with Gasteiger partial charge in [0.25, 0.3) is 0 Å². The molecule has 0 heterocycles. The summed E-state index contributed by atoms with van der Waals surface area (Å²) in [5, 5.41) is 5.06. The monoisotopic (exact) mass is 703 g/mol. The summed E-state index contributed by atoms with van der Waals surface area (Å²) in [6.45, 7) is 6.78. The van der Waals surface area contributed by atoms with E-state index in [1.165, 1.54) is 94.0 Å². The zero-order valence-corrected chi connectivity index (χ0v) is 31.4. The topological polar surface area (TPSA) is 3.24 Å². The Kier molecular flexibility index (Phi) is 7.96. The Balaban J connectivity index is 1.20. The molecule has 9 aromatic rings. The summed E-state index contributed by atoms with van der Waals surface area (Å²) in [5.74, 6) is 0.419. The Morgan fingerprint density at radius 3 is 1.51 bits per heavy atom. The van der Waals surface area contributed by atoms with Crippen LogP contribution in [0.5, 0.6) is 0 Å². The van der Waals surface area contributed by atoms with Crippen molar-refractivity contribution in [2.24, 2.45) is 0 Å². The highest BCUT2D eigenvalue weighted by Crippen LogP contribution is 2.60. The molecule has 10 rings (SSSR count). The molecule has 55 heavy (non-hydrogen) atoms. The van der Waals surface area contributed by atoms with Crippen molar-refractivity contribution in [3.05, 3.63) is 199 Å². The predicted octanol–water partition coefficient (Wildman–Crippen LogP) is 15.5. The Morgan fingerprint density at radius 2 is 0.909 bits per heavy atom. The van der Waals surface area contributed by atoms with Crippen LogP contribution in [0.3, 0.4) is 0 Å². The summed E-state index contributed by atoms with van der Waals surface area (Å²) >= 11 is 0. The molecule has 0 saturated carbocycles. The zero-order chi connectivity index (χ0) is 37.0. The first-order valence-electron chi connectivity index (χ1n) is 19.4. The van der Waals surface area contributed by atoms with Crippen LogP contribution in [0.4, 0.5) is 17.1 Å². The lowest BCUT2D eigenvalue weighted by Crippen LogP contribution is -2.12. The third-order valence-corrected chi connectivity index (χ3v) is 11.5. The van der Waals surface area contributed by atoms with Crippen LogP contribution < -0.4 is 4.90 Å². The number of hydrogen-bond donors (Lipinski definition) is 0. The van der Waals surface area contributed by atoms with E-state index in [1.807, 2.05) is 0 Å². The average molecular weight is 704 g/mol. The van der Waals surface area contributed by atoms with Crippen LogP contribution in [0, 0.1) is 6.92 Å². The Bertz CT molecular complexity index is 2890. The minimum Gasteiger partial charge on any atom is -0.310 e. The van der Waals surface area contributed by atoms with E-state index in [9.17, 15) is 0 Å². The number of anilines is 3. The van der Waals surface area contributed by atoms with E-state index >= 15 is 0 Å². The van der Waals surface area contributed by atoms with E-state index in [0.29, 0.717) is 5.92 Å². The summed E-state index contributed by atoms with van der Waals surface area (Å²) in [4.78, 5) is 2.46. The summed E-state index contributed by atoms with van der Waals surface area (Å²) in [6.07, 6.45) is 0. The van der Waals surface area contributed by atoms with Crippen molar-refractivity contribution in [1.82, 2.24) is 0 Å². The molecule has 0 atom stereocenters. The molecular formula is C54H41N. The van der Waals surface area contributed by atoms with Gasteiger partial charge in [-0.15, -0.1) is 0 Å². The van der Waals surface area contributed by atoms with E-state index in [4.69, 9.17) is 0 Å². The van der Waals surface area contributed by atoms with Crippen LogP contribution >= 0.6 is 0 Å². The highest BCUT2D eigenvalue weighted by molar-refractivity contribution is 6.26. The van der Waals surface area contributed by atoms with Gasteiger partial charge < -0.3 is 4.90 Å². The first-order valence-corrected chi connectivity index (χ1v) is 19.4. The van der Waals surface area contributed by atoms with E-state index in [0.717, 1.165) is 11.4 Å². The molecule has 0 saturated heterocycles. The summed E-state index contributed by atoms with van der Waals surface area (Å²) in [5.41, 5.74) is 19.0. The molecule has 1 heteroatoms. The van der Waals surface area contributed by atoms with Gasteiger partial charge in [-0.1, -0.05) is 159 Å². The van der Waals surface area contributed by atoms with Crippen molar-refractivity contribution >= 4 is 38.6 Å². The van der Waals surface area contributed by atoms with Gasteiger partial charge in [0, 0.05) is 17.1 Å². The van der Waals surface area contributed by atoms with Gasteiger partial charge in [0.1, 0.15) is 0 Å². The van der Waals surface area contributed by atoms with Gasteiger partial charge in [0.2, 0.25) is 0 Å². The van der Waals surface area contributed by atoms with Gasteiger partial charge in [-0.25, -0.2) is 0 Å². The Labute approximate surface area is 323 Å². The van der Waals surface area contributed by atoms with Crippen molar-refractivity contribution in [1.29, 1.82) is 0 Å². The van der Waals surface area contributed by atoms with E-state index in [2.05, 4.69) is 214 Å². The van der Waals surface area contributed by atoms with Crippen LogP contribution in [-0.2, 0) is 0 Å². The maximum atomic E-state index is 2.46. The number of hydrogen-bond acceptors (Lipinski definition) is 1. The van der Waals surface area contributed by atoms with E-state index in [1.54, 1.807) is 0 Å². The quantitative estimate of drug-likeness (QED) is 0.160. The molecule has 0 amide bonds. The molecule has 0 radical (unpaired) electrons. The van der Waals surface area contributed by atoms with Crippen molar-refractivity contribution < 1.29 is 0 Å². The first kappa shape index (κ1) is 32.9. The fourth-order valence-electron chi connectivity index (χ4n) is 8.67. The first-order chi connectivity index (χ1) is 27.0. The molecular weight excluding hydrogens is 663 g/mol. The van der Waals surface area contributed by atoms with Crippen LogP contribution in [0.1, 0.15) is 30.9 Å². The summed E-state index contributed by atoms with van der Waals surface area (Å²) < 4.78 is 0. The smallest absolute Gasteiger partial charge is 0.0493 e. The molecule has 1 aliphatic carbocycles. The van der Waals surface area contributed by atoms with Gasteiger partial charge in [-0.2, -0.15) is 0 Å². The number of rotatable bonds is 7. The van der Waals surface area contributed by atoms with Crippen molar-refractivity contribution in [2.45, 2.75) is 26.7 Å². The molecule has 1 nitrogen and oxygen atoms in total. The number of fused-ring (bicyclic) bond motifs is 6. The molecule has 0 aliphatic heterocycles. The van der Waals surface area contributed by atoms with Crippen molar-refractivity contribution in [3.8, 4) is 55.6 Å². The lowest BCUT2D eigenvalue weighted by Gasteiger charge is -2.33. The fraction of sp³-hybridized carbons (Fsp3) is 0.0741. The standard InChI is InChI=1S/C54H41N/c1-35(2)40-27-26-36(3)50(34-40)55(44-23-15-22-41(30-44)37-16-7-4-8-17-37)45-29-28-42-32-48-49(33-43(42)31-45)54-52(39-20-11-6-12-21-39)47-25-14-13-24-46(47)51(53(48)54)38-18-9-5-10-19-38/h4-35H,1-3H3. The summed E-state index contributed by atoms with van der Waals surface area (Å²) in [6, 6.07) is 69.3. The molecule has 0 spiro atoms. The van der Waals surface area contributed by atoms with Gasteiger partial charge >= 0.3 is 0 Å². The van der Waals surface area contributed by atoms with Crippen LogP contribution in [0.2, 0.25) is 0 Å². The average Bonchev–Trinajstić information content (AvgIpc) is 3.23. The highest BCUT2D eigenvalue weighted by Gasteiger charge is 2.32. The van der Waals surface area contributed by atoms with Gasteiger partial charge in [-0.3, -0.25) is 0 Å². The lowest BCUT2D eigenvalue weighted by atomic mass is 9.70. The largest absolute Gasteiger partial charge is 0.310 e. The number of benzene rings is 9. The van der Waals surface area contributed by atoms with Crippen molar-refractivity contribution in [2.75, 3.05) is 4.90 Å². The third kappa shape index (κ3) is 5.55. The van der Waals surface area contributed by atoms with Gasteiger partial charge in [0.05, 0.1) is 0 Å². The molecule has 0 bridgehead atoms. The minimum absolute atomic E-state index is 0.419. The van der Waals surface area contributed by atoms with Crippen molar-refractivity contribution in [3.63, 3.8) is 0 Å². The highest BCUT2D eigenvalue weighted by atomic mass is 15.1. The van der Waals surface area contributed by atoms with E-state index < -0.39 is 0 Å². The molecule has 0 N–H and O–H groups in total. The Hall–Kier alpha value is -6.70. The van der Waals surface area contributed by atoms with Crippen LogP contribution in [0.15, 0.2) is 188 Å². The molecule has 262 valence electrons. The maximum Gasteiger partial charge on any atom is 0.0493 e. The second-order valence-electron chi connectivity index (χ2n) is 15.2. The molecule has 0 unspecified atom stereocenters. The lowest BCUT2D eigenvalue weighted by molar-refractivity contribution is 0.865. The van der Waals surface area contributed by atoms with Gasteiger partial charge in [0.15, 0.2) is 0 Å². The van der Waals surface area contributed by atoms with Crippen LogP contribution in [0.25, 0.3) is 77.2 Å². The third-order valence-electron chi connectivity index (χ3n) is 11.5. The summed E-state index contributed by atoms with van der Waals surface area (Å²) in [7, 11) is 0. The SMILES string of the molecule is Cc1ccc(C(C)C)cc1N(c1cccc(-c2ccccc2)c1)c1ccc2cc3c(cc2c1)-c1c-3c(-c2ccccc2)c2ccccc2c1-c1ccccc1. The van der Waals surface area contributed by atoms with E-state index in [-0.39, 0.29) is 0 Å². The van der Waals surface area contributed by atoms with Crippen LogP contribution in [-0.4, -0.2) is 0 Å². The maximum absolute atomic E-state index is 2.46. The number of nitrogens with zero attached hydrogens (tertiary/aromatic N) is 1. The number of aryl methyl sites for hydroxylation is 1. The molecule has 0 fully saturated rings. The molecule has 9 aromatic carbocycles. The molecule has 0 aromatic heterocycles. The van der Waals surface area contributed by atoms with Gasteiger partial charge in [-0.05, 0) is 144 Å². The fourth-order valence-corrected chi connectivity index (χ4v) is 8.67. The molecule has 1 aliphatic rings. The predicted molar refractivity (Wildman–Crippen MR) is 236 cm³/mol.